The van der Waals surface area contributed by atoms with Crippen LogP contribution in [0.3, 0.4) is 0 Å². The van der Waals surface area contributed by atoms with Gasteiger partial charge in [-0.2, -0.15) is 0 Å². The number of carbonyl (C=O) groups excluding carboxylic acids is 1. The van der Waals surface area contributed by atoms with Gasteiger partial charge in [-0.25, -0.2) is 4.79 Å². The highest BCUT2D eigenvalue weighted by Gasteiger charge is 2.23. The zero-order valence-corrected chi connectivity index (χ0v) is 14.7. The zero-order valence-electron chi connectivity index (χ0n) is 14.7. The lowest BCUT2D eigenvalue weighted by molar-refractivity contribution is -0.149. The van der Waals surface area contributed by atoms with Crippen molar-refractivity contribution in [1.82, 2.24) is 0 Å². The van der Waals surface area contributed by atoms with Crippen LogP contribution in [0, 0.1) is 0 Å². The smallest absolute Gasteiger partial charge is 0.347 e. The van der Waals surface area contributed by atoms with Crippen molar-refractivity contribution in [1.29, 1.82) is 0 Å². The molecule has 0 amide bonds. The molecule has 6 nitrogen and oxygen atoms in total. The Morgan fingerprint density at radius 3 is 2.52 bits per heavy atom. The van der Waals surface area contributed by atoms with Gasteiger partial charge in [0.25, 0.3) is 0 Å². The molecule has 0 saturated heterocycles. The first-order chi connectivity index (χ1) is 12.1. The van der Waals surface area contributed by atoms with E-state index in [9.17, 15) is 4.79 Å². The summed E-state index contributed by atoms with van der Waals surface area (Å²) in [6.45, 7) is 2.33. The van der Waals surface area contributed by atoms with Gasteiger partial charge in [-0.3, -0.25) is 0 Å². The van der Waals surface area contributed by atoms with Gasteiger partial charge in [0.05, 0.1) is 14.2 Å². The first kappa shape index (κ1) is 18.4. The summed E-state index contributed by atoms with van der Waals surface area (Å²) in [6, 6.07) is 13.3. The number of methoxy groups -OCH3 is 2. The van der Waals surface area contributed by atoms with Gasteiger partial charge in [-0.15, -0.1) is 0 Å². The lowest BCUT2D eigenvalue weighted by atomic mass is 10.1. The fraction of sp³-hybridized carbons (Fsp3) is 0.316. The maximum Gasteiger partial charge on any atom is 0.347 e. The minimum atomic E-state index is -0.710. The van der Waals surface area contributed by atoms with E-state index >= 15 is 0 Å². The molecule has 0 bridgehead atoms. The van der Waals surface area contributed by atoms with Crippen LogP contribution in [0.5, 0.6) is 11.5 Å². The predicted molar refractivity (Wildman–Crippen MR) is 97.9 cm³/mol. The van der Waals surface area contributed by atoms with Gasteiger partial charge >= 0.3 is 5.97 Å². The molecule has 2 aromatic carbocycles. The highest BCUT2D eigenvalue weighted by molar-refractivity contribution is 5.75. The highest BCUT2D eigenvalue weighted by atomic mass is 16.6. The van der Waals surface area contributed by atoms with Crippen molar-refractivity contribution in [2.75, 3.05) is 25.3 Å². The van der Waals surface area contributed by atoms with Crippen molar-refractivity contribution in [2.24, 2.45) is 0 Å². The van der Waals surface area contributed by atoms with E-state index in [1.54, 1.807) is 12.1 Å². The fourth-order valence-electron chi connectivity index (χ4n) is 2.43. The Balaban J connectivity index is 2.30. The second-order valence-electron chi connectivity index (χ2n) is 5.47. The van der Waals surface area contributed by atoms with Gasteiger partial charge in [-0.05, 0) is 24.6 Å². The van der Waals surface area contributed by atoms with E-state index in [2.05, 4.69) is 5.32 Å². The van der Waals surface area contributed by atoms with Crippen LogP contribution in [0.2, 0.25) is 0 Å². The average molecular weight is 344 g/mol. The lowest BCUT2D eigenvalue weighted by Crippen LogP contribution is -2.28. The standard InChI is InChI=1S/C19H24N2O4/c1-4-16(19(22)24-3)25-18-13(10-14(20)11-17(18)23-2)12-21-15-8-6-5-7-9-15/h5-11,16,21H,4,12,20H2,1-3H3. The molecule has 3 N–H and O–H groups in total. The summed E-state index contributed by atoms with van der Waals surface area (Å²) in [4.78, 5) is 11.9. The number of hydrogen-bond donors (Lipinski definition) is 2. The van der Waals surface area contributed by atoms with Crippen molar-refractivity contribution in [2.45, 2.75) is 26.0 Å². The molecule has 0 aliphatic heterocycles. The largest absolute Gasteiger partial charge is 0.493 e. The SMILES string of the molecule is CCC(Oc1c(CNc2ccccc2)cc(N)cc1OC)C(=O)OC. The quantitative estimate of drug-likeness (QED) is 0.565. The summed E-state index contributed by atoms with van der Waals surface area (Å²) in [6.07, 6.45) is -0.232. The molecule has 2 aromatic rings. The summed E-state index contributed by atoms with van der Waals surface area (Å²) in [7, 11) is 2.88. The van der Waals surface area contributed by atoms with Gasteiger partial charge in [0, 0.05) is 29.5 Å². The van der Waals surface area contributed by atoms with E-state index in [4.69, 9.17) is 19.9 Å². The molecule has 0 fully saturated rings. The number of benzene rings is 2. The Labute approximate surface area is 147 Å². The molecular weight excluding hydrogens is 320 g/mol. The highest BCUT2D eigenvalue weighted by Crippen LogP contribution is 2.35. The number of ether oxygens (including phenoxy) is 3. The van der Waals surface area contributed by atoms with Crippen LogP contribution in [0.4, 0.5) is 11.4 Å². The van der Waals surface area contributed by atoms with Crippen molar-refractivity contribution >= 4 is 17.3 Å². The minimum Gasteiger partial charge on any atom is -0.493 e. The van der Waals surface area contributed by atoms with Crippen LogP contribution in [-0.4, -0.2) is 26.3 Å². The zero-order chi connectivity index (χ0) is 18.2. The molecule has 0 aromatic heterocycles. The van der Waals surface area contributed by atoms with Gasteiger partial charge in [0.2, 0.25) is 0 Å². The Kier molecular flexibility index (Phi) is 6.51. The van der Waals surface area contributed by atoms with Crippen LogP contribution in [0.15, 0.2) is 42.5 Å². The molecule has 0 heterocycles. The molecule has 25 heavy (non-hydrogen) atoms. The van der Waals surface area contributed by atoms with Crippen molar-refractivity contribution in [3.05, 3.63) is 48.0 Å². The van der Waals surface area contributed by atoms with E-state index in [1.165, 1.54) is 14.2 Å². The lowest BCUT2D eigenvalue weighted by Gasteiger charge is -2.21. The predicted octanol–water partition coefficient (Wildman–Crippen LogP) is 3.22. The number of para-hydroxylation sites is 1. The van der Waals surface area contributed by atoms with Crippen LogP contribution >= 0.6 is 0 Å². The van der Waals surface area contributed by atoms with E-state index in [0.717, 1.165) is 11.3 Å². The summed E-state index contributed by atoms with van der Waals surface area (Å²) in [5.41, 5.74) is 8.28. The number of esters is 1. The number of carbonyl (C=O) groups is 1. The molecule has 0 spiro atoms. The number of nitrogens with two attached hydrogens (primary N) is 1. The summed E-state index contributed by atoms with van der Waals surface area (Å²) >= 11 is 0. The van der Waals surface area contributed by atoms with Crippen LogP contribution < -0.4 is 20.5 Å². The van der Waals surface area contributed by atoms with Crippen molar-refractivity contribution in [3.63, 3.8) is 0 Å². The van der Waals surface area contributed by atoms with Gasteiger partial charge < -0.3 is 25.3 Å². The molecule has 0 aliphatic carbocycles. The second kappa shape index (κ2) is 8.82. The molecule has 0 radical (unpaired) electrons. The Morgan fingerprint density at radius 1 is 1.20 bits per heavy atom. The number of anilines is 2. The van der Waals surface area contributed by atoms with E-state index in [0.29, 0.717) is 30.2 Å². The summed E-state index contributed by atoms with van der Waals surface area (Å²) in [5.74, 6) is 0.535. The van der Waals surface area contributed by atoms with Crippen LogP contribution in [-0.2, 0) is 16.1 Å². The van der Waals surface area contributed by atoms with Gasteiger partial charge in [0.1, 0.15) is 0 Å². The van der Waals surface area contributed by atoms with E-state index in [-0.39, 0.29) is 0 Å². The number of hydrogen-bond acceptors (Lipinski definition) is 6. The molecule has 2 rings (SSSR count). The maximum atomic E-state index is 11.9. The third-order valence-corrected chi connectivity index (χ3v) is 3.73. The molecule has 134 valence electrons. The Bertz CT molecular complexity index is 704. The van der Waals surface area contributed by atoms with Crippen LogP contribution in [0.25, 0.3) is 0 Å². The molecule has 6 heteroatoms. The van der Waals surface area contributed by atoms with Crippen molar-refractivity contribution < 1.29 is 19.0 Å². The third kappa shape index (κ3) is 4.79. The third-order valence-electron chi connectivity index (χ3n) is 3.73. The maximum absolute atomic E-state index is 11.9. The number of rotatable bonds is 8. The van der Waals surface area contributed by atoms with Gasteiger partial charge in [-0.1, -0.05) is 25.1 Å². The number of nitrogen functional groups attached to an aromatic ring is 1. The Hall–Kier alpha value is -2.89. The molecular formula is C19H24N2O4. The summed E-state index contributed by atoms with van der Waals surface area (Å²) < 4.78 is 16.1. The normalized spacial score (nSPS) is 11.5. The Morgan fingerprint density at radius 2 is 1.92 bits per heavy atom. The average Bonchev–Trinajstić information content (AvgIpc) is 2.65. The molecule has 1 atom stereocenters. The van der Waals surface area contributed by atoms with Gasteiger partial charge in [0.15, 0.2) is 17.6 Å². The molecule has 0 aliphatic rings. The second-order valence-corrected chi connectivity index (χ2v) is 5.47. The van der Waals surface area contributed by atoms with Crippen LogP contribution in [0.1, 0.15) is 18.9 Å². The monoisotopic (exact) mass is 344 g/mol. The van der Waals surface area contributed by atoms with E-state index < -0.39 is 12.1 Å². The molecule has 0 saturated carbocycles. The minimum absolute atomic E-state index is 0.427. The fourth-order valence-corrected chi connectivity index (χ4v) is 2.43. The summed E-state index contributed by atoms with van der Waals surface area (Å²) in [5, 5.41) is 3.31. The topological polar surface area (TPSA) is 82.8 Å². The molecule has 1 unspecified atom stereocenters. The first-order valence-corrected chi connectivity index (χ1v) is 8.08. The van der Waals surface area contributed by atoms with Crippen molar-refractivity contribution in [3.8, 4) is 11.5 Å². The van der Waals surface area contributed by atoms with E-state index in [1.807, 2.05) is 37.3 Å². The number of nitrogens with one attached hydrogen (secondary N) is 1. The first-order valence-electron chi connectivity index (χ1n) is 8.08.